The summed E-state index contributed by atoms with van der Waals surface area (Å²) >= 11 is 0. The molecule has 0 aromatic rings. The Morgan fingerprint density at radius 3 is 2.57 bits per heavy atom. The summed E-state index contributed by atoms with van der Waals surface area (Å²) in [6, 6.07) is 0. The van der Waals surface area contributed by atoms with Gasteiger partial charge >= 0.3 is 0 Å². The van der Waals surface area contributed by atoms with Crippen molar-refractivity contribution in [2.45, 2.75) is 12.5 Å². The molecule has 2 nitrogen and oxygen atoms in total. The highest BCUT2D eigenvalue weighted by atomic mass is 16.3. The number of hydrogen-bond donors (Lipinski definition) is 2. The summed E-state index contributed by atoms with van der Waals surface area (Å²) < 4.78 is 0. The molecule has 0 aliphatic carbocycles. The number of aliphatic hydroxyl groups excluding tert-OH is 1. The van der Waals surface area contributed by atoms with Crippen molar-refractivity contribution in [2.24, 2.45) is 5.73 Å². The predicted molar refractivity (Wildman–Crippen MR) is 29.9 cm³/mol. The molecule has 0 saturated heterocycles. The molecule has 0 fully saturated rings. The maximum Gasteiger partial charge on any atom is 0.0696 e. The van der Waals surface area contributed by atoms with Crippen LogP contribution in [0.15, 0.2) is 12.7 Å². The van der Waals surface area contributed by atoms with E-state index in [-0.39, 0.29) is 0 Å². The number of rotatable bonds is 3. The van der Waals surface area contributed by atoms with Crippen LogP contribution in [-0.4, -0.2) is 17.8 Å². The second-order valence-electron chi connectivity index (χ2n) is 1.41. The Balaban J connectivity index is 2.98. The molecule has 42 valence electrons. The van der Waals surface area contributed by atoms with Crippen molar-refractivity contribution in [3.8, 4) is 0 Å². The minimum absolute atomic E-state index is 0.325. The van der Waals surface area contributed by atoms with E-state index in [4.69, 9.17) is 10.8 Å². The van der Waals surface area contributed by atoms with Gasteiger partial charge in [-0.25, -0.2) is 0 Å². The smallest absolute Gasteiger partial charge is 0.0696 e. The van der Waals surface area contributed by atoms with Gasteiger partial charge in [0.25, 0.3) is 0 Å². The Morgan fingerprint density at radius 1 is 1.86 bits per heavy atom. The van der Waals surface area contributed by atoms with Gasteiger partial charge in [-0.05, 0) is 6.42 Å². The Bertz CT molecular complexity index is 54.0. The molecule has 0 amide bonds. The Labute approximate surface area is 43.6 Å². The standard InChI is InChI=1S/C5H11NO/c1-2-3-5(7)4-6/h2,5,7H,1,3-4,6H2/t5-/m0/s1. The normalized spacial score (nSPS) is 13.4. The zero-order chi connectivity index (χ0) is 5.70. The molecule has 0 saturated carbocycles. The van der Waals surface area contributed by atoms with E-state index in [0.717, 1.165) is 0 Å². The molecule has 0 aliphatic heterocycles. The fourth-order valence-electron chi connectivity index (χ4n) is 0.289. The third-order valence-corrected chi connectivity index (χ3v) is 0.711. The van der Waals surface area contributed by atoms with Crippen LogP contribution < -0.4 is 5.73 Å². The number of aliphatic hydroxyl groups is 1. The van der Waals surface area contributed by atoms with Gasteiger partial charge in [0.1, 0.15) is 0 Å². The summed E-state index contributed by atoms with van der Waals surface area (Å²) in [6.07, 6.45) is 1.85. The molecule has 2 heteroatoms. The van der Waals surface area contributed by atoms with Crippen LogP contribution in [-0.2, 0) is 0 Å². The van der Waals surface area contributed by atoms with Crippen LogP contribution in [0.25, 0.3) is 0 Å². The zero-order valence-electron chi connectivity index (χ0n) is 4.30. The maximum absolute atomic E-state index is 8.66. The molecule has 0 bridgehead atoms. The molecular weight excluding hydrogens is 90.1 g/mol. The SMILES string of the molecule is C=CC[C@H](O)CN. The Hall–Kier alpha value is -0.340. The van der Waals surface area contributed by atoms with E-state index in [1.807, 2.05) is 0 Å². The van der Waals surface area contributed by atoms with E-state index in [0.29, 0.717) is 13.0 Å². The van der Waals surface area contributed by atoms with E-state index in [2.05, 4.69) is 6.58 Å². The second kappa shape index (κ2) is 3.84. The molecular formula is C5H11NO. The van der Waals surface area contributed by atoms with Gasteiger partial charge in [0.05, 0.1) is 6.10 Å². The van der Waals surface area contributed by atoms with E-state index < -0.39 is 6.10 Å². The Morgan fingerprint density at radius 2 is 2.43 bits per heavy atom. The minimum atomic E-state index is -0.391. The van der Waals surface area contributed by atoms with Crippen LogP contribution in [0, 0.1) is 0 Å². The molecule has 0 rings (SSSR count). The van der Waals surface area contributed by atoms with Crippen LogP contribution in [0.2, 0.25) is 0 Å². The largest absolute Gasteiger partial charge is 0.391 e. The van der Waals surface area contributed by atoms with Gasteiger partial charge in [-0.3, -0.25) is 0 Å². The lowest BCUT2D eigenvalue weighted by Gasteiger charge is -1.99. The molecule has 0 spiro atoms. The van der Waals surface area contributed by atoms with Crippen molar-refractivity contribution in [1.82, 2.24) is 0 Å². The molecule has 0 heterocycles. The molecule has 1 atom stereocenters. The quantitative estimate of drug-likeness (QED) is 0.487. The molecule has 0 aromatic heterocycles. The van der Waals surface area contributed by atoms with Crippen molar-refractivity contribution in [1.29, 1.82) is 0 Å². The fraction of sp³-hybridized carbons (Fsp3) is 0.600. The first-order chi connectivity index (χ1) is 3.31. The van der Waals surface area contributed by atoms with E-state index in [1.165, 1.54) is 0 Å². The highest BCUT2D eigenvalue weighted by molar-refractivity contribution is 4.71. The lowest BCUT2D eigenvalue weighted by Crippen LogP contribution is -2.18. The van der Waals surface area contributed by atoms with E-state index in [9.17, 15) is 0 Å². The van der Waals surface area contributed by atoms with Crippen molar-refractivity contribution in [2.75, 3.05) is 6.54 Å². The van der Waals surface area contributed by atoms with Crippen LogP contribution in [0.4, 0.5) is 0 Å². The first kappa shape index (κ1) is 6.66. The third-order valence-electron chi connectivity index (χ3n) is 0.711. The van der Waals surface area contributed by atoms with Gasteiger partial charge in [-0.15, -0.1) is 6.58 Å². The van der Waals surface area contributed by atoms with Crippen molar-refractivity contribution in [3.63, 3.8) is 0 Å². The Kier molecular flexibility index (Phi) is 3.65. The van der Waals surface area contributed by atoms with E-state index in [1.54, 1.807) is 6.08 Å². The highest BCUT2D eigenvalue weighted by Crippen LogP contribution is 1.86. The van der Waals surface area contributed by atoms with Crippen molar-refractivity contribution >= 4 is 0 Å². The van der Waals surface area contributed by atoms with Crippen molar-refractivity contribution in [3.05, 3.63) is 12.7 Å². The van der Waals surface area contributed by atoms with Gasteiger partial charge in [-0.2, -0.15) is 0 Å². The summed E-state index contributed by atoms with van der Waals surface area (Å²) in [6.45, 7) is 3.76. The summed E-state index contributed by atoms with van der Waals surface area (Å²) in [7, 11) is 0. The highest BCUT2D eigenvalue weighted by Gasteiger charge is 1.92. The summed E-state index contributed by atoms with van der Waals surface area (Å²) in [5.41, 5.74) is 5.06. The van der Waals surface area contributed by atoms with Crippen LogP contribution in [0.1, 0.15) is 6.42 Å². The topological polar surface area (TPSA) is 46.2 Å². The third kappa shape index (κ3) is 3.49. The maximum atomic E-state index is 8.66. The van der Waals surface area contributed by atoms with E-state index >= 15 is 0 Å². The average Bonchev–Trinajstić information content (AvgIpc) is 1.68. The second-order valence-corrected chi connectivity index (χ2v) is 1.41. The molecule has 7 heavy (non-hydrogen) atoms. The first-order valence-corrected chi connectivity index (χ1v) is 2.30. The van der Waals surface area contributed by atoms with Gasteiger partial charge < -0.3 is 10.8 Å². The monoisotopic (exact) mass is 101 g/mol. The minimum Gasteiger partial charge on any atom is -0.391 e. The van der Waals surface area contributed by atoms with Gasteiger partial charge in [0, 0.05) is 6.54 Å². The predicted octanol–water partition coefficient (Wildman–Crippen LogP) is -0.118. The van der Waals surface area contributed by atoms with Crippen molar-refractivity contribution < 1.29 is 5.11 Å². The summed E-state index contributed by atoms with van der Waals surface area (Å²) in [4.78, 5) is 0. The number of hydrogen-bond acceptors (Lipinski definition) is 2. The molecule has 0 unspecified atom stereocenters. The zero-order valence-corrected chi connectivity index (χ0v) is 4.30. The molecule has 0 radical (unpaired) electrons. The van der Waals surface area contributed by atoms with Gasteiger partial charge in [-0.1, -0.05) is 6.08 Å². The molecule has 0 aromatic carbocycles. The van der Waals surface area contributed by atoms with Gasteiger partial charge in [0.15, 0.2) is 0 Å². The molecule has 3 N–H and O–H groups in total. The number of nitrogens with two attached hydrogens (primary N) is 1. The average molecular weight is 101 g/mol. The van der Waals surface area contributed by atoms with Crippen LogP contribution in [0.5, 0.6) is 0 Å². The molecule has 0 aliphatic rings. The van der Waals surface area contributed by atoms with Crippen LogP contribution >= 0.6 is 0 Å². The summed E-state index contributed by atoms with van der Waals surface area (Å²) in [5.74, 6) is 0. The van der Waals surface area contributed by atoms with Gasteiger partial charge in [0.2, 0.25) is 0 Å². The van der Waals surface area contributed by atoms with Crippen LogP contribution in [0.3, 0.4) is 0 Å². The first-order valence-electron chi connectivity index (χ1n) is 2.30. The lowest BCUT2D eigenvalue weighted by atomic mass is 10.2. The summed E-state index contributed by atoms with van der Waals surface area (Å²) in [5, 5.41) is 8.66. The lowest BCUT2D eigenvalue weighted by molar-refractivity contribution is 0.186. The fourth-order valence-corrected chi connectivity index (χ4v) is 0.289.